The molecule has 0 saturated carbocycles. The molecule has 0 radical (unpaired) electrons. The fourth-order valence-electron chi connectivity index (χ4n) is 1.89. The van der Waals surface area contributed by atoms with Crippen LogP contribution in [0, 0.1) is 0 Å². The van der Waals surface area contributed by atoms with Gasteiger partial charge in [-0.1, -0.05) is 0 Å². The number of aromatic nitrogens is 1. The van der Waals surface area contributed by atoms with Crippen molar-refractivity contribution in [3.8, 4) is 0 Å². The second kappa shape index (κ2) is 5.23. The van der Waals surface area contributed by atoms with Crippen molar-refractivity contribution in [2.75, 3.05) is 25.6 Å². The van der Waals surface area contributed by atoms with Crippen LogP contribution in [0.25, 0.3) is 0 Å². The lowest BCUT2D eigenvalue weighted by molar-refractivity contribution is -0.142. The van der Waals surface area contributed by atoms with Crippen LogP contribution in [0.3, 0.4) is 0 Å². The van der Waals surface area contributed by atoms with Crippen molar-refractivity contribution in [2.24, 2.45) is 0 Å². The first kappa shape index (κ1) is 13.3. The van der Waals surface area contributed by atoms with Crippen molar-refractivity contribution in [3.63, 3.8) is 0 Å². The minimum absolute atomic E-state index is 0.0816. The largest absolute Gasteiger partial charge is 0.479 e. The molecule has 1 atom stereocenters. The van der Waals surface area contributed by atoms with Gasteiger partial charge in [-0.2, -0.15) is 0 Å². The Labute approximate surface area is 109 Å². The van der Waals surface area contributed by atoms with Crippen LogP contribution in [0.1, 0.15) is 16.9 Å². The van der Waals surface area contributed by atoms with E-state index in [9.17, 15) is 14.7 Å². The van der Waals surface area contributed by atoms with Crippen LogP contribution in [0.5, 0.6) is 0 Å². The Morgan fingerprint density at radius 1 is 1.58 bits per heavy atom. The third-order valence-electron chi connectivity index (χ3n) is 2.97. The van der Waals surface area contributed by atoms with Crippen LogP contribution in [-0.4, -0.2) is 47.9 Å². The number of anilines is 1. The molecule has 1 saturated heterocycles. The molecule has 1 unspecified atom stereocenters. The van der Waals surface area contributed by atoms with Crippen molar-refractivity contribution in [3.05, 3.63) is 24.0 Å². The van der Waals surface area contributed by atoms with Crippen molar-refractivity contribution in [2.45, 2.75) is 12.0 Å². The average Bonchev–Trinajstić information content (AvgIpc) is 2.88. The third-order valence-corrected chi connectivity index (χ3v) is 2.97. The number of carbonyl (C=O) groups excluding carboxylic acids is 1. The Morgan fingerprint density at radius 3 is 2.95 bits per heavy atom. The van der Waals surface area contributed by atoms with Crippen molar-refractivity contribution >= 4 is 17.6 Å². The van der Waals surface area contributed by atoms with Crippen LogP contribution in [0.4, 0.5) is 5.69 Å². The predicted molar refractivity (Wildman–Crippen MR) is 65.0 cm³/mol. The summed E-state index contributed by atoms with van der Waals surface area (Å²) in [7, 11) is 1.26. The minimum Gasteiger partial charge on any atom is -0.479 e. The predicted octanol–water partition coefficient (Wildman–Crippen LogP) is 0.524. The van der Waals surface area contributed by atoms with Gasteiger partial charge in [0.15, 0.2) is 5.54 Å². The summed E-state index contributed by atoms with van der Waals surface area (Å²) >= 11 is 0. The molecule has 1 aliphatic rings. The maximum atomic E-state index is 11.4. The van der Waals surface area contributed by atoms with E-state index in [1.54, 1.807) is 6.07 Å². The van der Waals surface area contributed by atoms with Gasteiger partial charge in [0, 0.05) is 24.9 Å². The van der Waals surface area contributed by atoms with Crippen molar-refractivity contribution in [1.29, 1.82) is 0 Å². The highest BCUT2D eigenvalue weighted by molar-refractivity contribution is 5.89. The Morgan fingerprint density at radius 2 is 2.37 bits per heavy atom. The Kier molecular flexibility index (Phi) is 3.66. The average molecular weight is 266 g/mol. The number of rotatable bonds is 4. The lowest BCUT2D eigenvalue weighted by Crippen LogP contribution is -2.47. The summed E-state index contributed by atoms with van der Waals surface area (Å²) in [5, 5.41) is 12.2. The molecule has 19 heavy (non-hydrogen) atoms. The van der Waals surface area contributed by atoms with E-state index in [0.29, 0.717) is 18.7 Å². The zero-order valence-electron chi connectivity index (χ0n) is 10.4. The molecule has 0 amide bonds. The van der Waals surface area contributed by atoms with E-state index in [0.717, 1.165) is 0 Å². The first-order chi connectivity index (χ1) is 9.07. The first-order valence-corrected chi connectivity index (χ1v) is 5.71. The molecule has 7 nitrogen and oxygen atoms in total. The van der Waals surface area contributed by atoms with Gasteiger partial charge in [-0.05, 0) is 12.1 Å². The van der Waals surface area contributed by atoms with Gasteiger partial charge in [-0.3, -0.25) is 0 Å². The van der Waals surface area contributed by atoms with E-state index < -0.39 is 17.5 Å². The normalized spacial score (nSPS) is 21.9. The zero-order chi connectivity index (χ0) is 13.9. The minimum atomic E-state index is -1.16. The highest BCUT2D eigenvalue weighted by Gasteiger charge is 2.42. The Bertz CT molecular complexity index is 497. The molecule has 1 aromatic heterocycles. The molecule has 0 bridgehead atoms. The summed E-state index contributed by atoms with van der Waals surface area (Å²) in [6.07, 6.45) is 1.78. The van der Waals surface area contributed by atoms with Crippen LogP contribution >= 0.6 is 0 Å². The number of methoxy groups -OCH3 is 1. The highest BCUT2D eigenvalue weighted by atomic mass is 16.5. The number of nitrogens with one attached hydrogen (secondary N) is 1. The Balaban J connectivity index is 2.23. The molecule has 1 fully saturated rings. The molecule has 0 aliphatic carbocycles. The maximum absolute atomic E-state index is 11.4. The van der Waals surface area contributed by atoms with Crippen molar-refractivity contribution in [1.82, 2.24) is 4.98 Å². The van der Waals surface area contributed by atoms with Gasteiger partial charge in [0.25, 0.3) is 0 Å². The summed E-state index contributed by atoms with van der Waals surface area (Å²) in [6.45, 7) is 0.465. The summed E-state index contributed by atoms with van der Waals surface area (Å²) in [5.41, 5.74) is -0.551. The molecule has 2 heterocycles. The van der Waals surface area contributed by atoms with Gasteiger partial charge in [-0.25, -0.2) is 14.6 Å². The molecular formula is C12H14N2O5. The number of aliphatic carboxylic acids is 1. The number of ether oxygens (including phenoxy) is 2. The van der Waals surface area contributed by atoms with Gasteiger partial charge >= 0.3 is 11.9 Å². The van der Waals surface area contributed by atoms with Crippen LogP contribution < -0.4 is 5.32 Å². The molecule has 7 heteroatoms. The zero-order valence-corrected chi connectivity index (χ0v) is 10.4. The molecule has 0 spiro atoms. The number of carboxylic acid groups (broad SMARTS) is 1. The number of carboxylic acids is 1. The Hall–Kier alpha value is -2.15. The summed E-state index contributed by atoms with van der Waals surface area (Å²) in [4.78, 5) is 26.6. The van der Waals surface area contributed by atoms with Crippen molar-refractivity contribution < 1.29 is 24.2 Å². The highest BCUT2D eigenvalue weighted by Crippen LogP contribution is 2.25. The molecule has 1 aromatic rings. The summed E-state index contributed by atoms with van der Waals surface area (Å²) in [6, 6.07) is 3.05. The molecule has 1 aliphatic heterocycles. The molecule has 2 rings (SSSR count). The molecule has 102 valence electrons. The van der Waals surface area contributed by atoms with Crippen LogP contribution in [-0.2, 0) is 14.3 Å². The van der Waals surface area contributed by atoms with Gasteiger partial charge in [0.2, 0.25) is 0 Å². The lowest BCUT2D eigenvalue weighted by atomic mass is 9.98. The van der Waals surface area contributed by atoms with E-state index in [1.807, 2.05) is 0 Å². The summed E-state index contributed by atoms with van der Waals surface area (Å²) in [5.74, 6) is -1.56. The fourth-order valence-corrected chi connectivity index (χ4v) is 1.89. The molecule has 0 aromatic carbocycles. The lowest BCUT2D eigenvalue weighted by Gasteiger charge is -2.25. The van der Waals surface area contributed by atoms with E-state index >= 15 is 0 Å². The number of hydrogen-bond acceptors (Lipinski definition) is 6. The number of esters is 1. The van der Waals surface area contributed by atoms with Gasteiger partial charge in [0.1, 0.15) is 5.69 Å². The number of carbonyl (C=O) groups is 2. The first-order valence-electron chi connectivity index (χ1n) is 5.71. The standard InChI is InChI=1S/C12H14N2O5/c1-18-10(15)9-6-8(2-4-13-9)14-12(11(16)17)3-5-19-7-12/h2,4,6H,3,5,7H2,1H3,(H,13,14)(H,16,17). The second-order valence-electron chi connectivity index (χ2n) is 4.24. The topological polar surface area (TPSA) is 97.8 Å². The quantitative estimate of drug-likeness (QED) is 0.767. The van der Waals surface area contributed by atoms with Gasteiger partial charge in [-0.15, -0.1) is 0 Å². The number of nitrogens with zero attached hydrogens (tertiary/aromatic N) is 1. The van der Waals surface area contributed by atoms with Gasteiger partial charge in [0.05, 0.1) is 13.7 Å². The fraction of sp³-hybridized carbons (Fsp3) is 0.417. The van der Waals surface area contributed by atoms with Crippen LogP contribution in [0.2, 0.25) is 0 Å². The smallest absolute Gasteiger partial charge is 0.356 e. The summed E-state index contributed by atoms with van der Waals surface area (Å²) < 4.78 is 9.71. The van der Waals surface area contributed by atoms with Crippen LogP contribution in [0.15, 0.2) is 18.3 Å². The van der Waals surface area contributed by atoms with E-state index in [-0.39, 0.29) is 12.3 Å². The van der Waals surface area contributed by atoms with Gasteiger partial charge < -0.3 is 19.9 Å². The number of hydrogen-bond donors (Lipinski definition) is 2. The van der Waals surface area contributed by atoms with E-state index in [1.165, 1.54) is 19.4 Å². The molecular weight excluding hydrogens is 252 g/mol. The third kappa shape index (κ3) is 2.65. The monoisotopic (exact) mass is 266 g/mol. The maximum Gasteiger partial charge on any atom is 0.356 e. The van der Waals surface area contributed by atoms with E-state index in [2.05, 4.69) is 15.0 Å². The second-order valence-corrected chi connectivity index (χ2v) is 4.24. The molecule has 2 N–H and O–H groups in total. The number of pyridine rings is 1. The SMILES string of the molecule is COC(=O)c1cc(NC2(C(=O)O)CCOC2)ccn1. The van der Waals surface area contributed by atoms with E-state index in [4.69, 9.17) is 4.74 Å².